The van der Waals surface area contributed by atoms with Crippen molar-refractivity contribution in [3.63, 3.8) is 0 Å². The van der Waals surface area contributed by atoms with Gasteiger partial charge in [-0.1, -0.05) is 6.07 Å². The number of nitrogens with one attached hydrogen (secondary N) is 2. The Morgan fingerprint density at radius 3 is 3.00 bits per heavy atom. The smallest absolute Gasteiger partial charge is 0.287 e. The summed E-state index contributed by atoms with van der Waals surface area (Å²) in [6.07, 6.45) is 3.70. The molecular formula is C19H25N3O3S. The summed E-state index contributed by atoms with van der Waals surface area (Å²) >= 11 is 1.79. The molecule has 2 atom stereocenters. The minimum atomic E-state index is -0.599. The van der Waals surface area contributed by atoms with Crippen molar-refractivity contribution in [1.29, 1.82) is 0 Å². The van der Waals surface area contributed by atoms with Gasteiger partial charge in [0.1, 0.15) is 6.04 Å². The molecule has 1 aliphatic rings. The second-order valence-corrected chi connectivity index (χ2v) is 7.77. The van der Waals surface area contributed by atoms with Gasteiger partial charge < -0.3 is 15.1 Å². The van der Waals surface area contributed by atoms with Crippen molar-refractivity contribution in [2.45, 2.75) is 32.4 Å². The Kier molecular flexibility index (Phi) is 6.46. The van der Waals surface area contributed by atoms with Gasteiger partial charge in [0.05, 0.1) is 6.26 Å². The summed E-state index contributed by atoms with van der Waals surface area (Å²) in [6.45, 7) is 5.40. The number of hydrogen-bond donors (Lipinski definition) is 2. The van der Waals surface area contributed by atoms with Crippen LogP contribution in [-0.4, -0.2) is 42.4 Å². The number of likely N-dealkylation sites (tertiary alicyclic amines) is 1. The molecule has 0 aromatic carbocycles. The Morgan fingerprint density at radius 2 is 2.27 bits per heavy atom. The first kappa shape index (κ1) is 18.7. The van der Waals surface area contributed by atoms with E-state index in [9.17, 15) is 9.59 Å². The normalized spacial score (nSPS) is 19.0. The maximum absolute atomic E-state index is 12.3. The summed E-state index contributed by atoms with van der Waals surface area (Å²) in [4.78, 5) is 28.0. The highest BCUT2D eigenvalue weighted by Crippen LogP contribution is 2.20. The number of furan rings is 1. The molecule has 2 amide bonds. The van der Waals surface area contributed by atoms with E-state index in [1.54, 1.807) is 30.4 Å². The topological polar surface area (TPSA) is 74.6 Å². The summed E-state index contributed by atoms with van der Waals surface area (Å²) < 4.78 is 5.04. The molecule has 0 bridgehead atoms. The van der Waals surface area contributed by atoms with Crippen LogP contribution in [0.1, 0.15) is 35.2 Å². The van der Waals surface area contributed by atoms with Crippen LogP contribution in [0.15, 0.2) is 40.3 Å². The number of thiophene rings is 1. The lowest BCUT2D eigenvalue weighted by Crippen LogP contribution is -2.47. The lowest BCUT2D eigenvalue weighted by molar-refractivity contribution is -0.122. The van der Waals surface area contributed by atoms with Crippen LogP contribution >= 0.6 is 11.3 Å². The Hall–Kier alpha value is -2.12. The van der Waals surface area contributed by atoms with E-state index < -0.39 is 6.04 Å². The summed E-state index contributed by atoms with van der Waals surface area (Å²) in [6, 6.07) is 6.87. The Labute approximate surface area is 157 Å². The highest BCUT2D eigenvalue weighted by Gasteiger charge is 2.23. The van der Waals surface area contributed by atoms with E-state index in [-0.39, 0.29) is 17.6 Å². The van der Waals surface area contributed by atoms with E-state index in [1.807, 2.05) is 0 Å². The third-order valence-electron chi connectivity index (χ3n) is 4.61. The fourth-order valence-corrected chi connectivity index (χ4v) is 3.97. The van der Waals surface area contributed by atoms with Crippen molar-refractivity contribution in [2.24, 2.45) is 5.92 Å². The molecule has 2 aromatic heterocycles. The molecule has 1 aliphatic heterocycles. The quantitative estimate of drug-likeness (QED) is 0.780. The largest absolute Gasteiger partial charge is 0.459 e. The lowest BCUT2D eigenvalue weighted by atomic mass is 9.98. The fraction of sp³-hybridized carbons (Fsp3) is 0.474. The molecule has 3 heterocycles. The number of hydrogen-bond acceptors (Lipinski definition) is 5. The van der Waals surface area contributed by atoms with Gasteiger partial charge in [0.2, 0.25) is 5.91 Å². The molecule has 1 saturated heterocycles. The lowest BCUT2D eigenvalue weighted by Gasteiger charge is -2.32. The standard InChI is InChI=1S/C19H25N3O3S/c1-14(21-19(24)17-7-3-9-25-17)18(23)20-11-15-5-2-8-22(12-15)13-16-6-4-10-26-16/h3-4,6-7,9-10,14-15H,2,5,8,11-13H2,1H3,(H,20,23)(H,21,24). The molecule has 0 spiro atoms. The summed E-state index contributed by atoms with van der Waals surface area (Å²) in [5.41, 5.74) is 0. The predicted molar refractivity (Wildman–Crippen MR) is 101 cm³/mol. The predicted octanol–water partition coefficient (Wildman–Crippen LogP) is 2.49. The molecule has 2 unspecified atom stereocenters. The van der Waals surface area contributed by atoms with Crippen LogP contribution in [0, 0.1) is 5.92 Å². The molecule has 0 radical (unpaired) electrons. The van der Waals surface area contributed by atoms with Crippen LogP contribution in [0.3, 0.4) is 0 Å². The van der Waals surface area contributed by atoms with Crippen LogP contribution in [0.2, 0.25) is 0 Å². The van der Waals surface area contributed by atoms with Crippen LogP contribution < -0.4 is 10.6 Å². The zero-order valence-electron chi connectivity index (χ0n) is 14.9. The van der Waals surface area contributed by atoms with Crippen molar-refractivity contribution in [3.05, 3.63) is 46.5 Å². The van der Waals surface area contributed by atoms with Gasteiger partial charge in [0, 0.05) is 24.5 Å². The first-order valence-electron chi connectivity index (χ1n) is 8.98. The molecule has 0 aliphatic carbocycles. The van der Waals surface area contributed by atoms with E-state index >= 15 is 0 Å². The number of carbonyl (C=O) groups excluding carboxylic acids is 2. The van der Waals surface area contributed by atoms with Crippen LogP contribution in [0.5, 0.6) is 0 Å². The van der Waals surface area contributed by atoms with E-state index in [0.29, 0.717) is 12.5 Å². The van der Waals surface area contributed by atoms with Crippen LogP contribution in [0.25, 0.3) is 0 Å². The summed E-state index contributed by atoms with van der Waals surface area (Å²) in [7, 11) is 0. The van der Waals surface area contributed by atoms with Crippen molar-refractivity contribution in [2.75, 3.05) is 19.6 Å². The van der Waals surface area contributed by atoms with Gasteiger partial charge in [-0.25, -0.2) is 0 Å². The van der Waals surface area contributed by atoms with Crippen molar-refractivity contribution in [1.82, 2.24) is 15.5 Å². The van der Waals surface area contributed by atoms with Crippen LogP contribution in [0.4, 0.5) is 0 Å². The third-order valence-corrected chi connectivity index (χ3v) is 5.47. The number of piperidine rings is 1. The van der Waals surface area contributed by atoms with Crippen molar-refractivity contribution < 1.29 is 14.0 Å². The monoisotopic (exact) mass is 375 g/mol. The number of amides is 2. The molecule has 26 heavy (non-hydrogen) atoms. The maximum Gasteiger partial charge on any atom is 0.287 e. The molecule has 6 nitrogen and oxygen atoms in total. The molecule has 140 valence electrons. The summed E-state index contributed by atoms with van der Waals surface area (Å²) in [5, 5.41) is 7.73. The highest BCUT2D eigenvalue weighted by molar-refractivity contribution is 7.09. The van der Waals surface area contributed by atoms with Crippen molar-refractivity contribution >= 4 is 23.2 Å². The Balaban J connectivity index is 1.41. The second-order valence-electron chi connectivity index (χ2n) is 6.74. The van der Waals surface area contributed by atoms with Gasteiger partial charge in [-0.15, -0.1) is 11.3 Å². The SMILES string of the molecule is CC(NC(=O)c1ccco1)C(=O)NCC1CCCN(Cc2cccs2)C1. The van der Waals surface area contributed by atoms with Gasteiger partial charge >= 0.3 is 0 Å². The molecule has 0 saturated carbocycles. The number of carbonyl (C=O) groups is 2. The first-order chi connectivity index (χ1) is 12.6. The molecule has 7 heteroatoms. The third kappa shape index (κ3) is 5.19. The number of rotatable bonds is 7. The average molecular weight is 375 g/mol. The van der Waals surface area contributed by atoms with Crippen molar-refractivity contribution in [3.8, 4) is 0 Å². The summed E-state index contributed by atoms with van der Waals surface area (Å²) in [5.74, 6) is 0.111. The average Bonchev–Trinajstić information content (AvgIpc) is 3.33. The van der Waals surface area contributed by atoms with E-state index in [2.05, 4.69) is 33.0 Å². The Bertz CT molecular complexity index is 700. The van der Waals surface area contributed by atoms with E-state index in [1.165, 1.54) is 11.1 Å². The van der Waals surface area contributed by atoms with Crippen LogP contribution in [-0.2, 0) is 11.3 Å². The first-order valence-corrected chi connectivity index (χ1v) is 9.86. The zero-order valence-corrected chi connectivity index (χ0v) is 15.8. The van der Waals surface area contributed by atoms with Gasteiger partial charge in [-0.2, -0.15) is 0 Å². The molecule has 2 aromatic rings. The minimum Gasteiger partial charge on any atom is -0.459 e. The number of nitrogens with zero attached hydrogens (tertiary/aromatic N) is 1. The van der Waals surface area contributed by atoms with Gasteiger partial charge in [0.25, 0.3) is 5.91 Å². The maximum atomic E-state index is 12.3. The van der Waals surface area contributed by atoms with Gasteiger partial charge in [-0.3, -0.25) is 14.5 Å². The van der Waals surface area contributed by atoms with E-state index in [0.717, 1.165) is 32.5 Å². The van der Waals surface area contributed by atoms with Gasteiger partial charge in [-0.05, 0) is 55.8 Å². The zero-order chi connectivity index (χ0) is 18.4. The minimum absolute atomic E-state index is 0.166. The molecule has 3 rings (SSSR count). The highest BCUT2D eigenvalue weighted by atomic mass is 32.1. The Morgan fingerprint density at radius 1 is 1.38 bits per heavy atom. The second kappa shape index (κ2) is 9.00. The fourth-order valence-electron chi connectivity index (χ4n) is 3.22. The molecular weight excluding hydrogens is 350 g/mol. The molecule has 1 fully saturated rings. The van der Waals surface area contributed by atoms with Gasteiger partial charge in [0.15, 0.2) is 5.76 Å². The van der Waals surface area contributed by atoms with E-state index in [4.69, 9.17) is 4.42 Å². The molecule has 2 N–H and O–H groups in total.